The minimum absolute atomic E-state index is 0.0455. The Labute approximate surface area is 120 Å². The summed E-state index contributed by atoms with van der Waals surface area (Å²) in [5.74, 6) is 0.565. The highest BCUT2D eigenvalue weighted by molar-refractivity contribution is 7.91. The van der Waals surface area contributed by atoms with E-state index in [-0.39, 0.29) is 11.8 Å². The Bertz CT molecular complexity index is 579. The third-order valence-electron chi connectivity index (χ3n) is 4.47. The van der Waals surface area contributed by atoms with E-state index in [9.17, 15) is 8.42 Å². The number of hydrogen-bond acceptors (Lipinski definition) is 4. The zero-order valence-electron chi connectivity index (χ0n) is 12.0. The number of hydrogen-bond donors (Lipinski definition) is 1. The average Bonchev–Trinajstić information content (AvgIpc) is 2.91. The monoisotopic (exact) mass is 297 g/mol. The molecule has 0 saturated carbocycles. The maximum Gasteiger partial charge on any atom is 0.152 e. The topological polar surface area (TPSA) is 64.0 Å². The molecule has 0 radical (unpaired) electrons. The second-order valence-corrected chi connectivity index (χ2v) is 8.13. The van der Waals surface area contributed by atoms with Gasteiger partial charge in [0.1, 0.15) is 0 Å². The van der Waals surface area contributed by atoms with Gasteiger partial charge >= 0.3 is 0 Å². The number of nitrogens with one attached hydrogen (secondary N) is 1. The molecule has 0 bridgehead atoms. The first-order valence-corrected chi connectivity index (χ1v) is 9.43. The van der Waals surface area contributed by atoms with Crippen LogP contribution in [0.5, 0.6) is 0 Å². The van der Waals surface area contributed by atoms with Gasteiger partial charge < -0.3 is 5.32 Å². The van der Waals surface area contributed by atoms with E-state index < -0.39 is 9.84 Å². The highest BCUT2D eigenvalue weighted by Gasteiger charge is 2.32. The minimum Gasteiger partial charge on any atom is -0.310 e. The van der Waals surface area contributed by atoms with Gasteiger partial charge in [0.2, 0.25) is 0 Å². The van der Waals surface area contributed by atoms with Crippen LogP contribution in [0.1, 0.15) is 55.9 Å². The highest BCUT2D eigenvalue weighted by atomic mass is 32.2. The van der Waals surface area contributed by atoms with E-state index in [0.29, 0.717) is 18.2 Å². The summed E-state index contributed by atoms with van der Waals surface area (Å²) in [6.45, 7) is 3.08. The molecule has 1 N–H and O–H groups in total. The predicted octanol–water partition coefficient (Wildman–Crippen LogP) is 1.62. The fourth-order valence-electron chi connectivity index (χ4n) is 3.49. The van der Waals surface area contributed by atoms with E-state index >= 15 is 0 Å². The third kappa shape index (κ3) is 2.63. The van der Waals surface area contributed by atoms with Crippen LogP contribution in [0, 0.1) is 0 Å². The van der Waals surface area contributed by atoms with Crippen molar-refractivity contribution >= 4 is 9.84 Å². The molecule has 1 fully saturated rings. The lowest BCUT2D eigenvalue weighted by Gasteiger charge is -2.17. The molecule has 1 aliphatic heterocycles. The maximum absolute atomic E-state index is 11.7. The molecule has 2 heterocycles. The molecule has 20 heavy (non-hydrogen) atoms. The summed E-state index contributed by atoms with van der Waals surface area (Å²) in [5.41, 5.74) is 2.55. The molecule has 2 unspecified atom stereocenters. The zero-order valence-corrected chi connectivity index (χ0v) is 12.8. The van der Waals surface area contributed by atoms with Crippen LogP contribution in [-0.4, -0.2) is 36.2 Å². The molecule has 1 saturated heterocycles. The zero-order chi connectivity index (χ0) is 14.2. The van der Waals surface area contributed by atoms with Crippen molar-refractivity contribution < 1.29 is 8.42 Å². The van der Waals surface area contributed by atoms with Gasteiger partial charge in [-0.3, -0.25) is 4.68 Å². The maximum atomic E-state index is 11.7. The lowest BCUT2D eigenvalue weighted by Crippen LogP contribution is -2.21. The Morgan fingerprint density at radius 1 is 1.40 bits per heavy atom. The summed E-state index contributed by atoms with van der Waals surface area (Å²) in [6, 6.07) is 0.424. The molecular formula is C14H23N3O2S. The Balaban J connectivity index is 1.91. The largest absolute Gasteiger partial charge is 0.310 e. The summed E-state index contributed by atoms with van der Waals surface area (Å²) in [5, 5.41) is 8.06. The number of aromatic nitrogens is 2. The second kappa shape index (κ2) is 5.48. The summed E-state index contributed by atoms with van der Waals surface area (Å²) in [7, 11) is -2.86. The third-order valence-corrected chi connectivity index (χ3v) is 6.22. The predicted molar refractivity (Wildman–Crippen MR) is 78.5 cm³/mol. The van der Waals surface area contributed by atoms with Crippen molar-refractivity contribution in [2.75, 3.05) is 18.1 Å². The van der Waals surface area contributed by atoms with Crippen LogP contribution in [0.4, 0.5) is 0 Å². The van der Waals surface area contributed by atoms with Crippen molar-refractivity contribution in [2.45, 2.75) is 51.1 Å². The molecule has 1 aromatic rings. The van der Waals surface area contributed by atoms with Crippen molar-refractivity contribution in [2.24, 2.45) is 0 Å². The van der Waals surface area contributed by atoms with E-state index in [1.807, 2.05) is 10.9 Å². The van der Waals surface area contributed by atoms with E-state index in [4.69, 9.17) is 0 Å². The Morgan fingerprint density at radius 2 is 2.25 bits per heavy atom. The molecule has 0 amide bonds. The first kappa shape index (κ1) is 14.1. The van der Waals surface area contributed by atoms with Crippen molar-refractivity contribution in [3.05, 3.63) is 17.5 Å². The van der Waals surface area contributed by atoms with Crippen molar-refractivity contribution in [3.8, 4) is 0 Å². The Morgan fingerprint density at radius 3 is 2.95 bits per heavy atom. The Kier molecular flexibility index (Phi) is 3.86. The van der Waals surface area contributed by atoms with E-state index in [2.05, 4.69) is 17.3 Å². The van der Waals surface area contributed by atoms with Gasteiger partial charge in [-0.2, -0.15) is 5.10 Å². The molecule has 2 atom stereocenters. The molecule has 5 nitrogen and oxygen atoms in total. The van der Waals surface area contributed by atoms with E-state index in [1.54, 1.807) is 0 Å². The lowest BCUT2D eigenvalue weighted by molar-refractivity contribution is 0.477. The summed E-state index contributed by atoms with van der Waals surface area (Å²) < 4.78 is 25.4. The highest BCUT2D eigenvalue weighted by Crippen LogP contribution is 2.32. The first-order valence-electron chi connectivity index (χ1n) is 7.61. The molecule has 2 aliphatic rings. The van der Waals surface area contributed by atoms with Gasteiger partial charge in [-0.25, -0.2) is 8.42 Å². The SMILES string of the molecule is CCNC1CCCCc2c1cnn2C1CCS(=O)(=O)C1. The van der Waals surface area contributed by atoms with Crippen LogP contribution in [0.25, 0.3) is 0 Å². The van der Waals surface area contributed by atoms with E-state index in [0.717, 1.165) is 19.4 Å². The molecule has 1 aliphatic carbocycles. The van der Waals surface area contributed by atoms with Crippen molar-refractivity contribution in [3.63, 3.8) is 0 Å². The smallest absolute Gasteiger partial charge is 0.152 e. The van der Waals surface area contributed by atoms with Crippen molar-refractivity contribution in [1.29, 1.82) is 0 Å². The summed E-state index contributed by atoms with van der Waals surface area (Å²) in [6.07, 6.45) is 7.22. The van der Waals surface area contributed by atoms with E-state index in [1.165, 1.54) is 24.1 Å². The number of sulfone groups is 1. The van der Waals surface area contributed by atoms with Crippen LogP contribution < -0.4 is 5.32 Å². The minimum atomic E-state index is -2.86. The fraction of sp³-hybridized carbons (Fsp3) is 0.786. The van der Waals surface area contributed by atoms with Crippen LogP contribution in [0.3, 0.4) is 0 Å². The molecule has 1 aromatic heterocycles. The molecule has 0 aromatic carbocycles. The fourth-order valence-corrected chi connectivity index (χ4v) is 5.18. The first-order chi connectivity index (χ1) is 9.61. The quantitative estimate of drug-likeness (QED) is 0.861. The summed E-state index contributed by atoms with van der Waals surface area (Å²) >= 11 is 0. The average molecular weight is 297 g/mol. The number of nitrogens with zero attached hydrogens (tertiary/aromatic N) is 2. The lowest BCUT2D eigenvalue weighted by atomic mass is 10.1. The second-order valence-electron chi connectivity index (χ2n) is 5.90. The van der Waals surface area contributed by atoms with Gasteiger partial charge in [-0.1, -0.05) is 13.3 Å². The van der Waals surface area contributed by atoms with Gasteiger partial charge in [-0.05, 0) is 32.2 Å². The van der Waals surface area contributed by atoms with Gasteiger partial charge in [0.25, 0.3) is 0 Å². The Hall–Kier alpha value is -0.880. The summed E-state index contributed by atoms with van der Waals surface area (Å²) in [4.78, 5) is 0. The molecule has 6 heteroatoms. The van der Waals surface area contributed by atoms with Crippen LogP contribution in [0.15, 0.2) is 6.20 Å². The van der Waals surface area contributed by atoms with Gasteiger partial charge in [0.05, 0.1) is 23.7 Å². The molecule has 0 spiro atoms. The van der Waals surface area contributed by atoms with Gasteiger partial charge in [0, 0.05) is 17.3 Å². The van der Waals surface area contributed by atoms with Gasteiger partial charge in [0.15, 0.2) is 9.84 Å². The number of fused-ring (bicyclic) bond motifs is 1. The molecule has 112 valence electrons. The van der Waals surface area contributed by atoms with Crippen LogP contribution in [-0.2, 0) is 16.3 Å². The molecular weight excluding hydrogens is 274 g/mol. The van der Waals surface area contributed by atoms with Crippen LogP contribution >= 0.6 is 0 Å². The number of rotatable bonds is 3. The van der Waals surface area contributed by atoms with Crippen LogP contribution in [0.2, 0.25) is 0 Å². The van der Waals surface area contributed by atoms with Gasteiger partial charge in [-0.15, -0.1) is 0 Å². The normalized spacial score (nSPS) is 29.1. The molecule has 3 rings (SSSR count). The van der Waals surface area contributed by atoms with Crippen molar-refractivity contribution in [1.82, 2.24) is 15.1 Å². The standard InChI is InChI=1S/C14H23N3O2S/c1-2-15-13-5-3-4-6-14-12(13)9-16-17(14)11-7-8-20(18,19)10-11/h9,11,13,15H,2-8,10H2,1H3.